The number of halogens is 4. The van der Waals surface area contributed by atoms with E-state index in [1.54, 1.807) is 6.92 Å². The zero-order valence-corrected chi connectivity index (χ0v) is 18.2. The largest absolute Gasteiger partial charge is 0.573 e. The molecule has 1 amide bonds. The number of fused-ring (bicyclic) bond motifs is 1. The fourth-order valence-corrected chi connectivity index (χ4v) is 3.54. The van der Waals surface area contributed by atoms with Gasteiger partial charge in [-0.15, -0.1) is 13.2 Å². The van der Waals surface area contributed by atoms with Gasteiger partial charge in [0.15, 0.2) is 11.6 Å². The first-order chi connectivity index (χ1) is 15.6. The highest BCUT2D eigenvalue weighted by Gasteiger charge is 2.31. The number of alkyl halides is 3. The summed E-state index contributed by atoms with van der Waals surface area (Å²) in [4.78, 5) is 25.6. The second-order valence-electron chi connectivity index (χ2n) is 7.31. The molecule has 0 aliphatic carbocycles. The van der Waals surface area contributed by atoms with Crippen LogP contribution in [0.1, 0.15) is 35.0 Å². The minimum absolute atomic E-state index is 0.0454. The van der Waals surface area contributed by atoms with Crippen molar-refractivity contribution < 1.29 is 36.6 Å². The standard InChI is InChI=1S/C23H22F4N2O4/c1-4-9-28-21(30)11-16-13(2)29(19-12-18(24)20(32-3)10-17(16)19)22(31)14-5-7-15(8-6-14)33-23(25,26)27/h5-8,10,12H,4,9,11H2,1-3H3,(H,28,30). The van der Waals surface area contributed by atoms with Gasteiger partial charge in [-0.2, -0.15) is 0 Å². The molecule has 0 aliphatic rings. The number of hydrogen-bond acceptors (Lipinski definition) is 4. The van der Waals surface area contributed by atoms with Crippen molar-refractivity contribution in [2.75, 3.05) is 13.7 Å². The average molecular weight is 466 g/mol. The molecule has 1 aromatic heterocycles. The fraction of sp³-hybridized carbons (Fsp3) is 0.304. The molecule has 2 aromatic carbocycles. The molecule has 3 aromatic rings. The Morgan fingerprint density at radius 2 is 1.79 bits per heavy atom. The minimum atomic E-state index is -4.86. The molecule has 0 aliphatic heterocycles. The Morgan fingerprint density at radius 1 is 1.12 bits per heavy atom. The van der Waals surface area contributed by atoms with Crippen LogP contribution in [0.5, 0.6) is 11.5 Å². The Labute approximate surface area is 187 Å². The number of benzene rings is 2. The maximum atomic E-state index is 14.5. The Kier molecular flexibility index (Phi) is 6.95. The van der Waals surface area contributed by atoms with Crippen molar-refractivity contribution in [3.05, 3.63) is 59.0 Å². The van der Waals surface area contributed by atoms with Gasteiger partial charge in [-0.1, -0.05) is 6.92 Å². The monoisotopic (exact) mass is 466 g/mol. The van der Waals surface area contributed by atoms with E-state index in [2.05, 4.69) is 10.1 Å². The SMILES string of the molecule is CCCNC(=O)Cc1c(C)n(C(=O)c2ccc(OC(F)(F)F)cc2)c2cc(F)c(OC)cc12. The zero-order valence-electron chi connectivity index (χ0n) is 18.2. The maximum Gasteiger partial charge on any atom is 0.573 e. The number of nitrogens with one attached hydrogen (secondary N) is 1. The number of amides is 1. The molecular formula is C23H22F4N2O4. The zero-order chi connectivity index (χ0) is 24.3. The highest BCUT2D eigenvalue weighted by atomic mass is 19.4. The lowest BCUT2D eigenvalue weighted by Crippen LogP contribution is -2.26. The molecule has 0 unspecified atom stereocenters. The number of methoxy groups -OCH3 is 1. The number of hydrogen-bond donors (Lipinski definition) is 1. The van der Waals surface area contributed by atoms with Gasteiger partial charge in [-0.05, 0) is 49.2 Å². The predicted molar refractivity (Wildman–Crippen MR) is 113 cm³/mol. The highest BCUT2D eigenvalue weighted by molar-refractivity contribution is 6.05. The van der Waals surface area contributed by atoms with Gasteiger partial charge in [-0.25, -0.2) is 4.39 Å². The summed E-state index contributed by atoms with van der Waals surface area (Å²) in [6.07, 6.45) is -4.16. The Bertz CT molecular complexity index is 1180. The van der Waals surface area contributed by atoms with Crippen LogP contribution in [0.2, 0.25) is 0 Å². The molecular weight excluding hydrogens is 444 g/mol. The van der Waals surface area contributed by atoms with E-state index in [0.717, 1.165) is 24.6 Å². The molecule has 0 saturated heterocycles. The third kappa shape index (κ3) is 5.27. The van der Waals surface area contributed by atoms with Crippen LogP contribution in [0.25, 0.3) is 10.9 Å². The molecule has 0 bridgehead atoms. The summed E-state index contributed by atoms with van der Waals surface area (Å²) in [7, 11) is 1.30. The van der Waals surface area contributed by atoms with Crippen molar-refractivity contribution in [3.8, 4) is 11.5 Å². The van der Waals surface area contributed by atoms with Gasteiger partial charge in [0, 0.05) is 29.3 Å². The summed E-state index contributed by atoms with van der Waals surface area (Å²) in [6, 6.07) is 6.96. The molecule has 176 valence electrons. The van der Waals surface area contributed by atoms with Gasteiger partial charge in [0.05, 0.1) is 19.0 Å². The third-order valence-corrected chi connectivity index (χ3v) is 5.06. The van der Waals surface area contributed by atoms with Crippen molar-refractivity contribution in [1.29, 1.82) is 0 Å². The van der Waals surface area contributed by atoms with Gasteiger partial charge in [0.25, 0.3) is 5.91 Å². The quantitative estimate of drug-likeness (QED) is 0.510. The van der Waals surface area contributed by atoms with Crippen molar-refractivity contribution in [1.82, 2.24) is 9.88 Å². The van der Waals surface area contributed by atoms with Crippen LogP contribution >= 0.6 is 0 Å². The fourth-order valence-electron chi connectivity index (χ4n) is 3.54. The summed E-state index contributed by atoms with van der Waals surface area (Å²) in [5.74, 6) is -2.08. The smallest absolute Gasteiger partial charge is 0.494 e. The van der Waals surface area contributed by atoms with E-state index in [0.29, 0.717) is 23.2 Å². The highest BCUT2D eigenvalue weighted by Crippen LogP contribution is 2.33. The van der Waals surface area contributed by atoms with Crippen molar-refractivity contribution in [3.63, 3.8) is 0 Å². The van der Waals surface area contributed by atoms with Gasteiger partial charge in [0.1, 0.15) is 5.75 Å². The lowest BCUT2D eigenvalue weighted by atomic mass is 10.1. The Morgan fingerprint density at radius 3 is 2.36 bits per heavy atom. The van der Waals surface area contributed by atoms with Gasteiger partial charge in [-0.3, -0.25) is 14.2 Å². The summed E-state index contributed by atoms with van der Waals surface area (Å²) >= 11 is 0. The van der Waals surface area contributed by atoms with Crippen LogP contribution in [0, 0.1) is 12.7 Å². The number of carbonyl (C=O) groups is 2. The molecule has 0 saturated carbocycles. The third-order valence-electron chi connectivity index (χ3n) is 5.06. The second-order valence-corrected chi connectivity index (χ2v) is 7.31. The normalized spacial score (nSPS) is 11.5. The first-order valence-electron chi connectivity index (χ1n) is 10.1. The number of aromatic nitrogens is 1. The molecule has 0 atom stereocenters. The summed E-state index contributed by atoms with van der Waals surface area (Å²) in [5.41, 5.74) is 1.19. The molecule has 33 heavy (non-hydrogen) atoms. The van der Waals surface area contributed by atoms with Crippen molar-refractivity contribution in [2.24, 2.45) is 0 Å². The first kappa shape index (κ1) is 24.1. The number of carbonyl (C=O) groups excluding carboxylic acids is 2. The minimum Gasteiger partial charge on any atom is -0.494 e. The van der Waals surface area contributed by atoms with E-state index in [9.17, 15) is 27.2 Å². The van der Waals surface area contributed by atoms with E-state index >= 15 is 0 Å². The van der Waals surface area contributed by atoms with Crippen LogP contribution in [-0.4, -0.2) is 36.4 Å². The summed E-state index contributed by atoms with van der Waals surface area (Å²) < 4.78 is 61.8. The van der Waals surface area contributed by atoms with Gasteiger partial charge >= 0.3 is 6.36 Å². The summed E-state index contributed by atoms with van der Waals surface area (Å²) in [6.45, 7) is 4.01. The average Bonchev–Trinajstić information content (AvgIpc) is 3.00. The molecule has 1 heterocycles. The molecule has 0 spiro atoms. The van der Waals surface area contributed by atoms with Crippen LogP contribution in [-0.2, 0) is 11.2 Å². The van der Waals surface area contributed by atoms with Gasteiger partial charge in [0.2, 0.25) is 5.91 Å². The molecule has 1 N–H and O–H groups in total. The van der Waals surface area contributed by atoms with E-state index in [-0.39, 0.29) is 29.2 Å². The molecule has 3 rings (SSSR count). The van der Waals surface area contributed by atoms with E-state index in [1.165, 1.54) is 29.9 Å². The number of nitrogens with zero attached hydrogens (tertiary/aromatic N) is 1. The van der Waals surface area contributed by atoms with E-state index in [1.807, 2.05) is 6.92 Å². The van der Waals surface area contributed by atoms with Crippen LogP contribution < -0.4 is 14.8 Å². The number of rotatable bonds is 7. The lowest BCUT2D eigenvalue weighted by molar-refractivity contribution is -0.274. The topological polar surface area (TPSA) is 69.6 Å². The molecule has 10 heteroatoms. The predicted octanol–water partition coefficient (Wildman–Crippen LogP) is 4.75. The number of ether oxygens (including phenoxy) is 2. The van der Waals surface area contributed by atoms with Crippen LogP contribution in [0.4, 0.5) is 17.6 Å². The van der Waals surface area contributed by atoms with Crippen LogP contribution in [0.15, 0.2) is 36.4 Å². The molecule has 6 nitrogen and oxygen atoms in total. The van der Waals surface area contributed by atoms with Crippen molar-refractivity contribution >= 4 is 22.7 Å². The Balaban J connectivity index is 2.08. The summed E-state index contributed by atoms with van der Waals surface area (Å²) in [5, 5.41) is 3.22. The lowest BCUT2D eigenvalue weighted by Gasteiger charge is -2.11. The Hall–Kier alpha value is -3.56. The molecule has 0 fully saturated rings. The molecule has 0 radical (unpaired) electrons. The first-order valence-corrected chi connectivity index (χ1v) is 10.1. The van der Waals surface area contributed by atoms with Crippen LogP contribution in [0.3, 0.4) is 0 Å². The van der Waals surface area contributed by atoms with E-state index < -0.39 is 23.8 Å². The van der Waals surface area contributed by atoms with E-state index in [4.69, 9.17) is 4.74 Å². The van der Waals surface area contributed by atoms with Crippen molar-refractivity contribution in [2.45, 2.75) is 33.1 Å². The second kappa shape index (κ2) is 9.51. The maximum absolute atomic E-state index is 14.5. The van der Waals surface area contributed by atoms with Gasteiger partial charge < -0.3 is 14.8 Å².